The molecule has 0 saturated carbocycles. The highest BCUT2D eigenvalue weighted by Crippen LogP contribution is 2.24. The Hall–Kier alpha value is -2.22. The monoisotopic (exact) mass is 430 g/mol. The fourth-order valence-corrected chi connectivity index (χ4v) is 5.10. The molecule has 0 spiro atoms. The predicted molar refractivity (Wildman–Crippen MR) is 118 cm³/mol. The Morgan fingerprint density at radius 1 is 0.967 bits per heavy atom. The van der Waals surface area contributed by atoms with Crippen LogP contribution in [0, 0.1) is 0 Å². The normalized spacial score (nSPS) is 20.7. The number of benzene rings is 2. The van der Waals surface area contributed by atoms with Crippen LogP contribution in [0.15, 0.2) is 53.4 Å². The van der Waals surface area contributed by atoms with Crippen molar-refractivity contribution in [1.29, 1.82) is 0 Å². The Kier molecular flexibility index (Phi) is 6.36. The summed E-state index contributed by atoms with van der Waals surface area (Å²) in [5.74, 6) is -0.281. The van der Waals surface area contributed by atoms with E-state index in [2.05, 4.69) is 26.1 Å². The van der Waals surface area contributed by atoms with Gasteiger partial charge in [0.25, 0.3) is 5.91 Å². The molecule has 7 heteroatoms. The Balaban J connectivity index is 1.71. The molecule has 2 aromatic carbocycles. The number of ether oxygens (including phenoxy) is 1. The SMILES string of the molecule is C[C@@H]1CN(S(=O)(=O)c2ccc(C(=O)Nc3ccc(C(C)(C)C)cc3)cc2)C[C@H](C)O1. The maximum Gasteiger partial charge on any atom is 0.255 e. The third-order valence-corrected chi connectivity index (χ3v) is 7.00. The van der Waals surface area contributed by atoms with Gasteiger partial charge in [-0.2, -0.15) is 4.31 Å². The zero-order chi connectivity index (χ0) is 22.1. The first-order chi connectivity index (χ1) is 14.0. The number of nitrogens with zero attached hydrogens (tertiary/aromatic N) is 1. The minimum absolute atomic E-state index is 0.0416. The number of hydrogen-bond acceptors (Lipinski definition) is 4. The zero-order valence-electron chi connectivity index (χ0n) is 18.2. The van der Waals surface area contributed by atoms with Crippen LogP contribution in [-0.2, 0) is 20.2 Å². The molecule has 1 heterocycles. The van der Waals surface area contributed by atoms with Gasteiger partial charge < -0.3 is 10.1 Å². The van der Waals surface area contributed by atoms with Gasteiger partial charge in [0.2, 0.25) is 10.0 Å². The Labute approximate surface area is 179 Å². The van der Waals surface area contributed by atoms with Crippen molar-refractivity contribution in [2.24, 2.45) is 0 Å². The minimum atomic E-state index is -3.63. The standard InChI is InChI=1S/C23H30N2O4S/c1-16-14-25(15-17(2)29-16)30(27,28)21-12-6-18(7-13-21)22(26)24-20-10-8-19(9-11-20)23(3,4)5/h6-13,16-17H,14-15H2,1-5H3,(H,24,26)/t16-,17+. The predicted octanol–water partition coefficient (Wildman–Crippen LogP) is 4.03. The molecule has 1 aliphatic rings. The summed E-state index contributed by atoms with van der Waals surface area (Å²) >= 11 is 0. The van der Waals surface area contributed by atoms with E-state index in [4.69, 9.17) is 4.74 Å². The number of nitrogens with one attached hydrogen (secondary N) is 1. The van der Waals surface area contributed by atoms with Crippen LogP contribution in [0.25, 0.3) is 0 Å². The molecule has 162 valence electrons. The molecule has 6 nitrogen and oxygen atoms in total. The summed E-state index contributed by atoms with van der Waals surface area (Å²) < 4.78 is 32.9. The second-order valence-electron chi connectivity index (χ2n) is 8.89. The van der Waals surface area contributed by atoms with E-state index >= 15 is 0 Å². The summed E-state index contributed by atoms with van der Waals surface area (Å²) in [6.07, 6.45) is -0.309. The van der Waals surface area contributed by atoms with Crippen LogP contribution in [-0.4, -0.2) is 43.9 Å². The van der Waals surface area contributed by atoms with Crippen molar-refractivity contribution in [3.63, 3.8) is 0 Å². The first-order valence-corrected chi connectivity index (χ1v) is 11.6. The van der Waals surface area contributed by atoms with Gasteiger partial charge in [-0.3, -0.25) is 4.79 Å². The van der Waals surface area contributed by atoms with Gasteiger partial charge in [0.15, 0.2) is 0 Å². The lowest BCUT2D eigenvalue weighted by Gasteiger charge is -2.34. The van der Waals surface area contributed by atoms with Crippen LogP contribution in [0.2, 0.25) is 0 Å². The molecule has 0 radical (unpaired) electrons. The number of morpholine rings is 1. The average molecular weight is 431 g/mol. The first-order valence-electron chi connectivity index (χ1n) is 10.1. The number of carbonyl (C=O) groups excluding carboxylic acids is 1. The zero-order valence-corrected chi connectivity index (χ0v) is 19.0. The van der Waals surface area contributed by atoms with Crippen molar-refractivity contribution < 1.29 is 17.9 Å². The number of amides is 1. The minimum Gasteiger partial charge on any atom is -0.373 e. The van der Waals surface area contributed by atoms with E-state index in [0.29, 0.717) is 24.3 Å². The van der Waals surface area contributed by atoms with Crippen molar-refractivity contribution >= 4 is 21.6 Å². The molecular weight excluding hydrogens is 400 g/mol. The second-order valence-corrected chi connectivity index (χ2v) is 10.8. The molecule has 0 bridgehead atoms. The second kappa shape index (κ2) is 8.49. The van der Waals surface area contributed by atoms with E-state index < -0.39 is 10.0 Å². The number of carbonyl (C=O) groups is 1. The summed E-state index contributed by atoms with van der Waals surface area (Å²) in [5.41, 5.74) is 2.32. The van der Waals surface area contributed by atoms with Crippen molar-refractivity contribution in [1.82, 2.24) is 4.31 Å². The molecule has 2 aromatic rings. The van der Waals surface area contributed by atoms with Crippen molar-refractivity contribution in [2.75, 3.05) is 18.4 Å². The highest BCUT2D eigenvalue weighted by molar-refractivity contribution is 7.89. The Morgan fingerprint density at radius 2 is 1.50 bits per heavy atom. The van der Waals surface area contributed by atoms with Crippen LogP contribution in [0.1, 0.15) is 50.5 Å². The lowest BCUT2D eigenvalue weighted by atomic mass is 9.87. The largest absolute Gasteiger partial charge is 0.373 e. The van der Waals surface area contributed by atoms with E-state index in [-0.39, 0.29) is 28.4 Å². The van der Waals surface area contributed by atoms with Gasteiger partial charge >= 0.3 is 0 Å². The van der Waals surface area contributed by atoms with Gasteiger partial charge in [-0.05, 0) is 61.2 Å². The fourth-order valence-electron chi connectivity index (χ4n) is 3.51. The third-order valence-electron chi connectivity index (χ3n) is 5.15. The Morgan fingerprint density at radius 3 is 2.00 bits per heavy atom. The quantitative estimate of drug-likeness (QED) is 0.794. The summed E-state index contributed by atoms with van der Waals surface area (Å²) in [7, 11) is -3.63. The Bertz CT molecular complexity index is 983. The summed E-state index contributed by atoms with van der Waals surface area (Å²) in [6.45, 7) is 10.8. The summed E-state index contributed by atoms with van der Waals surface area (Å²) in [6, 6.07) is 13.8. The molecule has 0 unspecified atom stereocenters. The molecule has 1 aliphatic heterocycles. The van der Waals surface area contributed by atoms with Gasteiger partial charge in [-0.15, -0.1) is 0 Å². The molecule has 1 fully saturated rings. The molecule has 0 aliphatic carbocycles. The number of rotatable bonds is 4. The van der Waals surface area contributed by atoms with Gasteiger partial charge in [-0.25, -0.2) is 8.42 Å². The van der Waals surface area contributed by atoms with E-state index in [1.165, 1.54) is 22.0 Å². The van der Waals surface area contributed by atoms with Crippen molar-refractivity contribution in [2.45, 2.75) is 57.1 Å². The number of hydrogen-bond donors (Lipinski definition) is 1. The van der Waals surface area contributed by atoms with E-state index in [1.54, 1.807) is 12.1 Å². The highest BCUT2D eigenvalue weighted by atomic mass is 32.2. The highest BCUT2D eigenvalue weighted by Gasteiger charge is 2.32. The molecule has 1 N–H and O–H groups in total. The number of anilines is 1. The van der Waals surface area contributed by atoms with Gasteiger partial charge in [-0.1, -0.05) is 32.9 Å². The van der Waals surface area contributed by atoms with Gasteiger partial charge in [0.05, 0.1) is 17.1 Å². The summed E-state index contributed by atoms with van der Waals surface area (Å²) in [4.78, 5) is 12.7. The van der Waals surface area contributed by atoms with E-state index in [9.17, 15) is 13.2 Å². The average Bonchev–Trinajstić information content (AvgIpc) is 2.67. The van der Waals surface area contributed by atoms with Gasteiger partial charge in [0.1, 0.15) is 0 Å². The van der Waals surface area contributed by atoms with Crippen LogP contribution in [0.3, 0.4) is 0 Å². The van der Waals surface area contributed by atoms with Crippen molar-refractivity contribution in [3.05, 3.63) is 59.7 Å². The molecule has 2 atom stereocenters. The maximum atomic E-state index is 12.9. The van der Waals surface area contributed by atoms with Crippen molar-refractivity contribution in [3.8, 4) is 0 Å². The molecule has 1 saturated heterocycles. The lowest BCUT2D eigenvalue weighted by molar-refractivity contribution is -0.0440. The summed E-state index contributed by atoms with van der Waals surface area (Å²) in [5, 5.41) is 2.85. The third kappa shape index (κ3) is 5.09. The molecule has 3 rings (SSSR count). The topological polar surface area (TPSA) is 75.7 Å². The lowest BCUT2D eigenvalue weighted by Crippen LogP contribution is -2.48. The van der Waals surface area contributed by atoms with E-state index in [0.717, 1.165) is 0 Å². The van der Waals surface area contributed by atoms with Crippen LogP contribution < -0.4 is 5.32 Å². The van der Waals surface area contributed by atoms with Crippen LogP contribution in [0.5, 0.6) is 0 Å². The maximum absolute atomic E-state index is 12.9. The van der Waals surface area contributed by atoms with Gasteiger partial charge in [0, 0.05) is 24.3 Å². The fraction of sp³-hybridized carbons (Fsp3) is 0.435. The molecule has 1 amide bonds. The molecule has 30 heavy (non-hydrogen) atoms. The van der Waals surface area contributed by atoms with Crippen LogP contribution in [0.4, 0.5) is 5.69 Å². The number of sulfonamides is 1. The van der Waals surface area contributed by atoms with Crippen LogP contribution >= 0.6 is 0 Å². The van der Waals surface area contributed by atoms with E-state index in [1.807, 2.05) is 38.1 Å². The molecular formula is C23H30N2O4S. The molecule has 0 aromatic heterocycles. The smallest absolute Gasteiger partial charge is 0.255 e. The first kappa shape index (κ1) is 22.5.